The van der Waals surface area contributed by atoms with Gasteiger partial charge in [0.05, 0.1) is 6.54 Å². The Morgan fingerprint density at radius 2 is 1.78 bits per heavy atom. The first-order chi connectivity index (χ1) is 12.9. The number of fused-ring (bicyclic) bond motifs is 1. The molecule has 1 atom stereocenters. The smallest absolute Gasteiger partial charge is 0.331 e. The third-order valence-corrected chi connectivity index (χ3v) is 4.72. The summed E-state index contributed by atoms with van der Waals surface area (Å²) in [4.78, 5) is 38.1. The summed E-state index contributed by atoms with van der Waals surface area (Å²) in [5.74, 6) is -1.83. The summed E-state index contributed by atoms with van der Waals surface area (Å²) >= 11 is 0. The average molecular weight is 366 g/mol. The summed E-state index contributed by atoms with van der Waals surface area (Å²) in [5.41, 5.74) is 3.98. The van der Waals surface area contributed by atoms with Gasteiger partial charge in [0.15, 0.2) is 6.04 Å². The molecule has 2 amide bonds. The maximum absolute atomic E-state index is 12.6. The van der Waals surface area contributed by atoms with Crippen LogP contribution < -0.4 is 5.32 Å². The van der Waals surface area contributed by atoms with E-state index in [0.717, 1.165) is 16.7 Å². The van der Waals surface area contributed by atoms with Crippen LogP contribution in [0.1, 0.15) is 38.7 Å². The average Bonchev–Trinajstić information content (AvgIpc) is 2.63. The van der Waals surface area contributed by atoms with Crippen molar-refractivity contribution in [2.75, 3.05) is 13.1 Å². The molecule has 2 aromatic carbocycles. The lowest BCUT2D eigenvalue weighted by atomic mass is 9.92. The van der Waals surface area contributed by atoms with Crippen LogP contribution in [0.15, 0.2) is 42.5 Å². The maximum Gasteiger partial charge on any atom is 0.331 e. The van der Waals surface area contributed by atoms with E-state index < -0.39 is 17.9 Å². The van der Waals surface area contributed by atoms with Crippen molar-refractivity contribution in [3.8, 4) is 0 Å². The Hall–Kier alpha value is -3.15. The minimum atomic E-state index is -1.07. The van der Waals surface area contributed by atoms with Crippen LogP contribution in [0.2, 0.25) is 0 Å². The van der Waals surface area contributed by atoms with Gasteiger partial charge in [-0.3, -0.25) is 9.59 Å². The Kier molecular flexibility index (Phi) is 5.26. The van der Waals surface area contributed by atoms with Crippen LogP contribution >= 0.6 is 0 Å². The molecule has 1 aliphatic rings. The standard InChI is InChI=1S/C21H22N2O4/c1-13-9-14(2)11-16(10-13)20(25)22-12-18(24)23-8-7-15-5-3-4-6-17(15)19(23)21(26)27/h3-6,9-11,19H,7-8,12H2,1-2H3,(H,22,25)(H,26,27). The van der Waals surface area contributed by atoms with E-state index in [1.54, 1.807) is 24.3 Å². The van der Waals surface area contributed by atoms with E-state index in [4.69, 9.17) is 0 Å². The second kappa shape index (κ2) is 7.61. The number of aliphatic carboxylic acids is 1. The fourth-order valence-electron chi connectivity index (χ4n) is 3.57. The molecule has 27 heavy (non-hydrogen) atoms. The molecular formula is C21H22N2O4. The molecule has 0 fully saturated rings. The van der Waals surface area contributed by atoms with Gasteiger partial charge in [0, 0.05) is 12.1 Å². The van der Waals surface area contributed by atoms with Crippen molar-refractivity contribution < 1.29 is 19.5 Å². The van der Waals surface area contributed by atoms with E-state index >= 15 is 0 Å². The lowest BCUT2D eigenvalue weighted by Crippen LogP contribution is -2.47. The Balaban J connectivity index is 1.72. The van der Waals surface area contributed by atoms with Gasteiger partial charge in [0.2, 0.25) is 5.91 Å². The molecular weight excluding hydrogens is 344 g/mol. The van der Waals surface area contributed by atoms with Crippen LogP contribution in [0.3, 0.4) is 0 Å². The minimum Gasteiger partial charge on any atom is -0.479 e. The Labute approximate surface area is 157 Å². The zero-order valence-corrected chi connectivity index (χ0v) is 15.4. The highest BCUT2D eigenvalue weighted by Gasteiger charge is 2.35. The first-order valence-electron chi connectivity index (χ1n) is 8.83. The Morgan fingerprint density at radius 3 is 2.44 bits per heavy atom. The summed E-state index contributed by atoms with van der Waals surface area (Å²) in [7, 11) is 0. The van der Waals surface area contributed by atoms with Crippen molar-refractivity contribution in [1.82, 2.24) is 10.2 Å². The SMILES string of the molecule is Cc1cc(C)cc(C(=O)NCC(=O)N2CCc3ccccc3C2C(=O)O)c1. The molecule has 6 nitrogen and oxygen atoms in total. The Morgan fingerprint density at radius 1 is 1.11 bits per heavy atom. The van der Waals surface area contributed by atoms with Gasteiger partial charge in [-0.1, -0.05) is 41.5 Å². The van der Waals surface area contributed by atoms with Crippen molar-refractivity contribution >= 4 is 17.8 Å². The maximum atomic E-state index is 12.6. The normalized spacial score (nSPS) is 15.8. The van der Waals surface area contributed by atoms with Crippen LogP contribution in [0.5, 0.6) is 0 Å². The predicted molar refractivity (Wildman–Crippen MR) is 100 cm³/mol. The van der Waals surface area contributed by atoms with E-state index in [1.165, 1.54) is 4.90 Å². The molecule has 0 aliphatic carbocycles. The molecule has 0 aromatic heterocycles. The van der Waals surface area contributed by atoms with Crippen molar-refractivity contribution in [3.05, 3.63) is 70.3 Å². The number of hydrogen-bond acceptors (Lipinski definition) is 3. The van der Waals surface area contributed by atoms with Crippen LogP contribution in [-0.4, -0.2) is 40.9 Å². The number of nitrogens with one attached hydrogen (secondary N) is 1. The molecule has 1 unspecified atom stereocenters. The first kappa shape index (κ1) is 18.6. The number of carboxylic acids is 1. The van der Waals surface area contributed by atoms with E-state index in [9.17, 15) is 19.5 Å². The summed E-state index contributed by atoms with van der Waals surface area (Å²) in [5, 5.41) is 12.3. The summed E-state index contributed by atoms with van der Waals surface area (Å²) in [6.45, 7) is 3.87. The lowest BCUT2D eigenvalue weighted by Gasteiger charge is -2.34. The third-order valence-electron chi connectivity index (χ3n) is 4.72. The topological polar surface area (TPSA) is 86.7 Å². The summed E-state index contributed by atoms with van der Waals surface area (Å²) < 4.78 is 0. The van der Waals surface area contributed by atoms with E-state index in [1.807, 2.05) is 32.0 Å². The molecule has 0 bridgehead atoms. The van der Waals surface area contributed by atoms with Gasteiger partial charge in [0.1, 0.15) is 0 Å². The Bertz CT molecular complexity index is 887. The molecule has 0 saturated carbocycles. The summed E-state index contributed by atoms with van der Waals surface area (Å²) in [6, 6.07) is 11.7. The molecule has 6 heteroatoms. The number of aryl methyl sites for hydroxylation is 2. The number of hydrogen-bond donors (Lipinski definition) is 2. The number of carbonyl (C=O) groups excluding carboxylic acids is 2. The van der Waals surface area contributed by atoms with Crippen LogP contribution in [0.25, 0.3) is 0 Å². The number of rotatable bonds is 4. The van der Waals surface area contributed by atoms with Crippen molar-refractivity contribution in [3.63, 3.8) is 0 Å². The fourth-order valence-corrected chi connectivity index (χ4v) is 3.57. The largest absolute Gasteiger partial charge is 0.479 e. The van der Waals surface area contributed by atoms with Crippen molar-refractivity contribution in [1.29, 1.82) is 0 Å². The quantitative estimate of drug-likeness (QED) is 0.869. The van der Waals surface area contributed by atoms with Gasteiger partial charge in [-0.2, -0.15) is 0 Å². The highest BCUT2D eigenvalue weighted by molar-refractivity contribution is 5.97. The molecule has 0 radical (unpaired) electrons. The molecule has 3 rings (SSSR count). The monoisotopic (exact) mass is 366 g/mol. The molecule has 1 heterocycles. The zero-order chi connectivity index (χ0) is 19.6. The number of carbonyl (C=O) groups is 3. The van der Waals surface area contributed by atoms with E-state index in [2.05, 4.69) is 5.32 Å². The lowest BCUT2D eigenvalue weighted by molar-refractivity contribution is -0.150. The highest BCUT2D eigenvalue weighted by atomic mass is 16.4. The van der Waals surface area contributed by atoms with Gasteiger partial charge in [-0.15, -0.1) is 0 Å². The van der Waals surface area contributed by atoms with Crippen LogP contribution in [0.4, 0.5) is 0 Å². The molecule has 140 valence electrons. The van der Waals surface area contributed by atoms with Gasteiger partial charge >= 0.3 is 5.97 Å². The summed E-state index contributed by atoms with van der Waals surface area (Å²) in [6.07, 6.45) is 0.594. The van der Waals surface area contributed by atoms with Gasteiger partial charge < -0.3 is 15.3 Å². The predicted octanol–water partition coefficient (Wildman–Crippen LogP) is 2.24. The molecule has 2 N–H and O–H groups in total. The number of benzene rings is 2. The fraction of sp³-hybridized carbons (Fsp3) is 0.286. The molecule has 1 aliphatic heterocycles. The molecule has 0 spiro atoms. The molecule has 2 aromatic rings. The number of nitrogens with zero attached hydrogens (tertiary/aromatic N) is 1. The van der Waals surface area contributed by atoms with Crippen molar-refractivity contribution in [2.45, 2.75) is 26.3 Å². The van der Waals surface area contributed by atoms with Crippen LogP contribution in [-0.2, 0) is 16.0 Å². The van der Waals surface area contributed by atoms with Crippen molar-refractivity contribution in [2.24, 2.45) is 0 Å². The van der Waals surface area contributed by atoms with E-state index in [-0.39, 0.29) is 12.5 Å². The van der Waals surface area contributed by atoms with Gasteiger partial charge in [-0.05, 0) is 43.5 Å². The van der Waals surface area contributed by atoms with Crippen LogP contribution in [0, 0.1) is 13.8 Å². The number of carboxylic acid groups (broad SMARTS) is 1. The zero-order valence-electron chi connectivity index (χ0n) is 15.4. The molecule has 0 saturated heterocycles. The second-order valence-corrected chi connectivity index (χ2v) is 6.84. The van der Waals surface area contributed by atoms with Gasteiger partial charge in [-0.25, -0.2) is 4.79 Å². The third kappa shape index (κ3) is 4.00. The highest BCUT2D eigenvalue weighted by Crippen LogP contribution is 2.29. The second-order valence-electron chi connectivity index (χ2n) is 6.84. The van der Waals surface area contributed by atoms with Gasteiger partial charge in [0.25, 0.3) is 5.91 Å². The minimum absolute atomic E-state index is 0.238. The number of amides is 2. The van der Waals surface area contributed by atoms with E-state index in [0.29, 0.717) is 24.1 Å². The first-order valence-corrected chi connectivity index (χ1v) is 8.83.